The molecule has 0 unspecified atom stereocenters. The van der Waals surface area contributed by atoms with Gasteiger partial charge in [-0.15, -0.1) is 0 Å². The van der Waals surface area contributed by atoms with Crippen molar-refractivity contribution in [2.45, 2.75) is 20.4 Å². The topological polar surface area (TPSA) is 42.2 Å². The van der Waals surface area contributed by atoms with Gasteiger partial charge in [0.05, 0.1) is 5.56 Å². The van der Waals surface area contributed by atoms with Crippen molar-refractivity contribution < 1.29 is 9.21 Å². The number of rotatable bonds is 3. The first kappa shape index (κ1) is 12.7. The van der Waals surface area contributed by atoms with Gasteiger partial charge in [-0.1, -0.05) is 29.8 Å². The van der Waals surface area contributed by atoms with Gasteiger partial charge < -0.3 is 9.73 Å². The van der Waals surface area contributed by atoms with Crippen molar-refractivity contribution in [3.05, 3.63) is 58.0 Å². The molecule has 3 nitrogen and oxygen atoms in total. The molecule has 0 saturated heterocycles. The molecule has 0 aliphatic carbocycles. The number of hydrogen-bond donors (Lipinski definition) is 1. The molecule has 1 aromatic heterocycles. The third-order valence-electron chi connectivity index (χ3n) is 2.68. The lowest BCUT2D eigenvalue weighted by Gasteiger charge is -2.06. The highest BCUT2D eigenvalue weighted by Crippen LogP contribution is 2.16. The molecule has 0 atom stereocenters. The summed E-state index contributed by atoms with van der Waals surface area (Å²) in [5, 5.41) is 3.48. The van der Waals surface area contributed by atoms with Gasteiger partial charge in [-0.2, -0.15) is 0 Å². The molecule has 0 spiro atoms. The summed E-state index contributed by atoms with van der Waals surface area (Å²) in [6.07, 6.45) is 0. The van der Waals surface area contributed by atoms with Crippen molar-refractivity contribution >= 4 is 17.5 Å². The van der Waals surface area contributed by atoms with Crippen LogP contribution in [0.15, 0.2) is 34.7 Å². The number of carbonyl (C=O) groups excluding carboxylic acids is 1. The van der Waals surface area contributed by atoms with Crippen LogP contribution in [0.4, 0.5) is 0 Å². The maximum Gasteiger partial charge on any atom is 0.255 e. The van der Waals surface area contributed by atoms with E-state index in [1.54, 1.807) is 19.1 Å². The minimum atomic E-state index is -0.149. The number of furan rings is 1. The largest absolute Gasteiger partial charge is 0.466 e. The van der Waals surface area contributed by atoms with Crippen molar-refractivity contribution in [2.24, 2.45) is 0 Å². The summed E-state index contributed by atoms with van der Waals surface area (Å²) < 4.78 is 5.32. The summed E-state index contributed by atoms with van der Waals surface area (Å²) in [6, 6.07) is 9.17. The second-order valence-corrected chi connectivity index (χ2v) is 4.51. The molecule has 1 N–H and O–H groups in total. The molecule has 1 amide bonds. The maximum atomic E-state index is 11.9. The highest BCUT2D eigenvalue weighted by molar-refractivity contribution is 6.31. The van der Waals surface area contributed by atoms with Crippen LogP contribution in [0.3, 0.4) is 0 Å². The Morgan fingerprint density at radius 2 is 2.06 bits per heavy atom. The van der Waals surface area contributed by atoms with Crippen LogP contribution in [-0.4, -0.2) is 5.91 Å². The van der Waals surface area contributed by atoms with Crippen LogP contribution in [0, 0.1) is 13.8 Å². The molecule has 0 saturated carbocycles. The first-order valence-corrected chi connectivity index (χ1v) is 6.04. The molecule has 0 aliphatic heterocycles. The fourth-order valence-corrected chi connectivity index (χ4v) is 1.97. The molecular weight excluding hydrogens is 250 g/mol. The Kier molecular flexibility index (Phi) is 3.72. The molecule has 0 aliphatic rings. The monoisotopic (exact) mass is 263 g/mol. The summed E-state index contributed by atoms with van der Waals surface area (Å²) in [5.74, 6) is 1.21. The second-order valence-electron chi connectivity index (χ2n) is 4.10. The van der Waals surface area contributed by atoms with Crippen molar-refractivity contribution in [3.8, 4) is 0 Å². The lowest BCUT2D eigenvalue weighted by atomic mass is 10.2. The van der Waals surface area contributed by atoms with Crippen LogP contribution in [-0.2, 0) is 6.54 Å². The maximum absolute atomic E-state index is 11.9. The summed E-state index contributed by atoms with van der Waals surface area (Å²) in [4.78, 5) is 11.9. The predicted molar refractivity (Wildman–Crippen MR) is 70.8 cm³/mol. The molecule has 1 aromatic carbocycles. The summed E-state index contributed by atoms with van der Waals surface area (Å²) in [5.41, 5.74) is 1.46. The van der Waals surface area contributed by atoms with Crippen LogP contribution in [0.1, 0.15) is 27.4 Å². The lowest BCUT2D eigenvalue weighted by Crippen LogP contribution is -2.23. The van der Waals surface area contributed by atoms with E-state index >= 15 is 0 Å². The molecule has 18 heavy (non-hydrogen) atoms. The molecule has 94 valence electrons. The van der Waals surface area contributed by atoms with E-state index in [1.807, 2.05) is 25.1 Å². The van der Waals surface area contributed by atoms with Crippen molar-refractivity contribution in [1.82, 2.24) is 5.32 Å². The van der Waals surface area contributed by atoms with Crippen molar-refractivity contribution in [3.63, 3.8) is 0 Å². The van der Waals surface area contributed by atoms with E-state index in [4.69, 9.17) is 16.0 Å². The molecular formula is C14H14ClNO2. The number of amides is 1. The number of hydrogen-bond acceptors (Lipinski definition) is 2. The van der Waals surface area contributed by atoms with Crippen LogP contribution in [0.5, 0.6) is 0 Å². The summed E-state index contributed by atoms with van der Waals surface area (Å²) in [6.45, 7) is 4.00. The Hall–Kier alpha value is -1.74. The van der Waals surface area contributed by atoms with Gasteiger partial charge in [-0.25, -0.2) is 0 Å². The number of nitrogens with one attached hydrogen (secondary N) is 1. The van der Waals surface area contributed by atoms with Gasteiger partial charge >= 0.3 is 0 Å². The smallest absolute Gasteiger partial charge is 0.255 e. The Morgan fingerprint density at radius 3 is 2.67 bits per heavy atom. The van der Waals surface area contributed by atoms with Gasteiger partial charge in [0.2, 0.25) is 0 Å². The van der Waals surface area contributed by atoms with E-state index in [0.717, 1.165) is 11.3 Å². The average Bonchev–Trinajstić information content (AvgIpc) is 2.67. The van der Waals surface area contributed by atoms with Gasteiger partial charge in [0, 0.05) is 11.6 Å². The minimum absolute atomic E-state index is 0.149. The lowest BCUT2D eigenvalue weighted by molar-refractivity contribution is 0.0949. The van der Waals surface area contributed by atoms with E-state index < -0.39 is 0 Å². The number of carbonyl (C=O) groups is 1. The zero-order valence-corrected chi connectivity index (χ0v) is 11.0. The number of benzene rings is 1. The van der Waals surface area contributed by atoms with E-state index in [1.165, 1.54) is 0 Å². The quantitative estimate of drug-likeness (QED) is 0.921. The molecule has 4 heteroatoms. The SMILES string of the molecule is Cc1cc(C(=O)NCc2ccccc2Cl)c(C)o1. The van der Waals surface area contributed by atoms with Crippen molar-refractivity contribution in [1.29, 1.82) is 0 Å². The van der Waals surface area contributed by atoms with E-state index in [-0.39, 0.29) is 5.91 Å². The Balaban J connectivity index is 2.05. The third-order valence-corrected chi connectivity index (χ3v) is 3.05. The highest BCUT2D eigenvalue weighted by atomic mass is 35.5. The van der Waals surface area contributed by atoms with Gasteiger partial charge in [0.15, 0.2) is 0 Å². The normalized spacial score (nSPS) is 10.4. The van der Waals surface area contributed by atoms with Gasteiger partial charge in [-0.05, 0) is 31.5 Å². The summed E-state index contributed by atoms with van der Waals surface area (Å²) >= 11 is 6.02. The number of aryl methyl sites for hydroxylation is 2. The first-order chi connectivity index (χ1) is 8.58. The van der Waals surface area contributed by atoms with Gasteiger partial charge in [-0.3, -0.25) is 4.79 Å². The van der Waals surface area contributed by atoms with Crippen LogP contribution >= 0.6 is 11.6 Å². The first-order valence-electron chi connectivity index (χ1n) is 5.66. The van der Waals surface area contributed by atoms with E-state index in [9.17, 15) is 4.79 Å². The van der Waals surface area contributed by atoms with E-state index in [2.05, 4.69) is 5.32 Å². The predicted octanol–water partition coefficient (Wildman–Crippen LogP) is 3.48. The van der Waals surface area contributed by atoms with E-state index in [0.29, 0.717) is 22.9 Å². The fraction of sp³-hybridized carbons (Fsp3) is 0.214. The standard InChI is InChI=1S/C14H14ClNO2/c1-9-7-12(10(2)18-9)14(17)16-8-11-5-3-4-6-13(11)15/h3-7H,8H2,1-2H3,(H,16,17). The number of halogens is 1. The van der Waals surface area contributed by atoms with Gasteiger partial charge in [0.1, 0.15) is 11.5 Å². The zero-order chi connectivity index (χ0) is 13.1. The molecule has 2 rings (SSSR count). The molecule has 2 aromatic rings. The average molecular weight is 264 g/mol. The minimum Gasteiger partial charge on any atom is -0.466 e. The fourth-order valence-electron chi connectivity index (χ4n) is 1.77. The molecule has 0 bridgehead atoms. The highest BCUT2D eigenvalue weighted by Gasteiger charge is 2.13. The Bertz CT molecular complexity index is 575. The molecule has 0 radical (unpaired) electrons. The second kappa shape index (κ2) is 5.27. The van der Waals surface area contributed by atoms with Crippen LogP contribution in [0.25, 0.3) is 0 Å². The van der Waals surface area contributed by atoms with Crippen molar-refractivity contribution in [2.75, 3.05) is 0 Å². The Morgan fingerprint density at radius 1 is 1.33 bits per heavy atom. The molecule has 1 heterocycles. The van der Waals surface area contributed by atoms with Crippen LogP contribution in [0.2, 0.25) is 5.02 Å². The Labute approximate surface area is 111 Å². The zero-order valence-electron chi connectivity index (χ0n) is 10.3. The van der Waals surface area contributed by atoms with Crippen LogP contribution < -0.4 is 5.32 Å². The summed E-state index contributed by atoms with van der Waals surface area (Å²) in [7, 11) is 0. The van der Waals surface area contributed by atoms with Gasteiger partial charge in [0.25, 0.3) is 5.91 Å². The molecule has 0 fully saturated rings. The third kappa shape index (κ3) is 2.74.